The highest BCUT2D eigenvalue weighted by atomic mass is 16.5. The molecule has 5 unspecified atom stereocenters. The number of primary amides is 1. The van der Waals surface area contributed by atoms with Crippen LogP contribution in [-0.4, -0.2) is 48.6 Å². The second-order valence-corrected chi connectivity index (χ2v) is 5.96. The molecule has 0 radical (unpaired) electrons. The molecule has 6 heteroatoms. The Labute approximate surface area is 112 Å². The van der Waals surface area contributed by atoms with Crippen LogP contribution in [0.15, 0.2) is 0 Å². The number of hydrogen-bond donors (Lipinski definition) is 2. The molecule has 3 fully saturated rings. The van der Waals surface area contributed by atoms with Crippen LogP contribution < -0.4 is 11.5 Å². The number of morpholine rings is 1. The minimum Gasteiger partial charge on any atom is -0.377 e. The lowest BCUT2D eigenvalue weighted by atomic mass is 9.83. The first-order valence-corrected chi connectivity index (χ1v) is 7.02. The predicted octanol–water partition coefficient (Wildman–Crippen LogP) is -0.927. The third-order valence-corrected chi connectivity index (χ3v) is 5.01. The molecule has 1 saturated heterocycles. The van der Waals surface area contributed by atoms with Gasteiger partial charge in [0.05, 0.1) is 19.1 Å². The molecule has 1 heterocycles. The van der Waals surface area contributed by atoms with E-state index in [2.05, 4.69) is 0 Å². The first-order valence-electron chi connectivity index (χ1n) is 7.02. The van der Waals surface area contributed by atoms with Gasteiger partial charge in [0, 0.05) is 12.6 Å². The van der Waals surface area contributed by atoms with Crippen molar-refractivity contribution < 1.29 is 14.3 Å². The SMILES string of the molecule is NC(=O)C1COCCN1C(=O)C1C2CCC(C2)C1N. The Morgan fingerprint density at radius 1 is 1.21 bits per heavy atom. The average Bonchev–Trinajstić information content (AvgIpc) is 2.98. The van der Waals surface area contributed by atoms with Crippen LogP contribution in [0.5, 0.6) is 0 Å². The summed E-state index contributed by atoms with van der Waals surface area (Å²) in [6.45, 7) is 1.11. The lowest BCUT2D eigenvalue weighted by Crippen LogP contribution is -2.58. The Balaban J connectivity index is 1.77. The Bertz CT molecular complexity index is 399. The maximum absolute atomic E-state index is 12.7. The molecule has 1 aliphatic heterocycles. The number of nitrogens with two attached hydrogens (primary N) is 2. The molecule has 0 spiro atoms. The number of carbonyl (C=O) groups excluding carboxylic acids is 2. The van der Waals surface area contributed by atoms with Crippen LogP contribution in [-0.2, 0) is 14.3 Å². The molecule has 106 valence electrons. The third kappa shape index (κ3) is 2.03. The summed E-state index contributed by atoms with van der Waals surface area (Å²) in [6, 6.07) is -0.685. The molecule has 2 saturated carbocycles. The standard InChI is InChI=1S/C13H21N3O3/c14-11-8-2-1-7(5-8)10(11)13(18)16-3-4-19-6-9(16)12(15)17/h7-11H,1-6,14H2,(H2,15,17). The largest absolute Gasteiger partial charge is 0.377 e. The number of amides is 2. The van der Waals surface area contributed by atoms with Crippen molar-refractivity contribution in [2.75, 3.05) is 19.8 Å². The summed E-state index contributed by atoms with van der Waals surface area (Å²) in [5.74, 6) is 0.256. The van der Waals surface area contributed by atoms with Crippen molar-refractivity contribution in [3.05, 3.63) is 0 Å². The predicted molar refractivity (Wildman–Crippen MR) is 67.8 cm³/mol. The van der Waals surface area contributed by atoms with Gasteiger partial charge < -0.3 is 21.1 Å². The van der Waals surface area contributed by atoms with E-state index in [1.807, 2.05) is 0 Å². The molecule has 5 atom stereocenters. The summed E-state index contributed by atoms with van der Waals surface area (Å²) in [5.41, 5.74) is 11.6. The Kier molecular flexibility index (Phi) is 3.22. The first-order chi connectivity index (χ1) is 9.09. The van der Waals surface area contributed by atoms with Crippen LogP contribution in [0, 0.1) is 17.8 Å². The van der Waals surface area contributed by atoms with Crippen LogP contribution in [0.2, 0.25) is 0 Å². The molecule has 2 amide bonds. The summed E-state index contributed by atoms with van der Waals surface area (Å²) in [7, 11) is 0. The first kappa shape index (κ1) is 12.9. The van der Waals surface area contributed by atoms with Gasteiger partial charge in [0.25, 0.3) is 0 Å². The van der Waals surface area contributed by atoms with Gasteiger partial charge in [-0.25, -0.2) is 0 Å². The summed E-state index contributed by atoms with van der Waals surface area (Å²) in [5, 5.41) is 0. The maximum atomic E-state index is 12.7. The van der Waals surface area contributed by atoms with Gasteiger partial charge in [-0.3, -0.25) is 9.59 Å². The third-order valence-electron chi connectivity index (χ3n) is 5.01. The van der Waals surface area contributed by atoms with Crippen LogP contribution in [0.25, 0.3) is 0 Å². The van der Waals surface area contributed by atoms with E-state index in [4.69, 9.17) is 16.2 Å². The molecule has 4 N–H and O–H groups in total. The van der Waals surface area contributed by atoms with Crippen LogP contribution in [0.3, 0.4) is 0 Å². The zero-order valence-corrected chi connectivity index (χ0v) is 11.0. The van der Waals surface area contributed by atoms with E-state index < -0.39 is 11.9 Å². The van der Waals surface area contributed by atoms with E-state index in [0.29, 0.717) is 25.0 Å². The van der Waals surface area contributed by atoms with Gasteiger partial charge in [0.1, 0.15) is 6.04 Å². The number of nitrogens with zero attached hydrogens (tertiary/aromatic N) is 1. The van der Waals surface area contributed by atoms with E-state index in [0.717, 1.165) is 19.3 Å². The van der Waals surface area contributed by atoms with E-state index in [1.54, 1.807) is 4.90 Å². The summed E-state index contributed by atoms with van der Waals surface area (Å²) in [4.78, 5) is 25.7. The fraction of sp³-hybridized carbons (Fsp3) is 0.846. The van der Waals surface area contributed by atoms with Crippen molar-refractivity contribution in [3.63, 3.8) is 0 Å². The minimum absolute atomic E-state index is 0.00630. The number of rotatable bonds is 2. The summed E-state index contributed by atoms with van der Waals surface area (Å²) < 4.78 is 5.25. The van der Waals surface area contributed by atoms with Crippen LogP contribution in [0.1, 0.15) is 19.3 Å². The van der Waals surface area contributed by atoms with Crippen molar-refractivity contribution in [1.29, 1.82) is 0 Å². The van der Waals surface area contributed by atoms with Gasteiger partial charge in [-0.1, -0.05) is 0 Å². The fourth-order valence-corrected chi connectivity index (χ4v) is 4.00. The van der Waals surface area contributed by atoms with E-state index >= 15 is 0 Å². The molecule has 19 heavy (non-hydrogen) atoms. The van der Waals surface area contributed by atoms with Crippen LogP contribution >= 0.6 is 0 Å². The molecule has 0 aromatic rings. The monoisotopic (exact) mass is 267 g/mol. The average molecular weight is 267 g/mol. The van der Waals surface area contributed by atoms with Gasteiger partial charge in [-0.2, -0.15) is 0 Å². The van der Waals surface area contributed by atoms with Crippen molar-refractivity contribution in [1.82, 2.24) is 4.90 Å². The maximum Gasteiger partial charge on any atom is 0.242 e. The van der Waals surface area contributed by atoms with Gasteiger partial charge in [0.2, 0.25) is 11.8 Å². The van der Waals surface area contributed by atoms with E-state index in [1.165, 1.54) is 0 Å². The van der Waals surface area contributed by atoms with Crippen molar-refractivity contribution in [2.45, 2.75) is 31.3 Å². The second-order valence-electron chi connectivity index (χ2n) is 5.96. The van der Waals surface area contributed by atoms with Gasteiger partial charge in [-0.15, -0.1) is 0 Å². The zero-order valence-electron chi connectivity index (χ0n) is 11.0. The highest BCUT2D eigenvalue weighted by Gasteiger charge is 2.51. The van der Waals surface area contributed by atoms with Crippen LogP contribution in [0.4, 0.5) is 0 Å². The van der Waals surface area contributed by atoms with Crippen molar-refractivity contribution in [2.24, 2.45) is 29.2 Å². The van der Waals surface area contributed by atoms with Gasteiger partial charge >= 0.3 is 0 Å². The minimum atomic E-state index is -0.632. The lowest BCUT2D eigenvalue weighted by Gasteiger charge is -2.38. The second kappa shape index (κ2) is 4.76. The molecule has 0 aromatic heterocycles. The van der Waals surface area contributed by atoms with Gasteiger partial charge in [0.15, 0.2) is 0 Å². The highest BCUT2D eigenvalue weighted by molar-refractivity contribution is 5.88. The molecule has 6 nitrogen and oxygen atoms in total. The van der Waals surface area contributed by atoms with E-state index in [9.17, 15) is 9.59 Å². The quantitative estimate of drug-likeness (QED) is 0.675. The molecular weight excluding hydrogens is 246 g/mol. The zero-order chi connectivity index (χ0) is 13.6. The summed E-state index contributed by atoms with van der Waals surface area (Å²) in [6.07, 6.45) is 3.28. The fourth-order valence-electron chi connectivity index (χ4n) is 4.00. The topological polar surface area (TPSA) is 98.7 Å². The molecule has 0 aromatic carbocycles. The molecule has 3 rings (SSSR count). The van der Waals surface area contributed by atoms with Gasteiger partial charge in [-0.05, 0) is 31.1 Å². The normalized spacial score (nSPS) is 41.5. The number of hydrogen-bond acceptors (Lipinski definition) is 4. The number of carbonyl (C=O) groups is 2. The van der Waals surface area contributed by atoms with Crippen molar-refractivity contribution >= 4 is 11.8 Å². The van der Waals surface area contributed by atoms with Crippen molar-refractivity contribution in [3.8, 4) is 0 Å². The number of ether oxygens (including phenoxy) is 1. The lowest BCUT2D eigenvalue weighted by molar-refractivity contribution is -0.152. The molecule has 3 aliphatic rings. The molecular formula is C13H21N3O3. The smallest absolute Gasteiger partial charge is 0.242 e. The highest BCUT2D eigenvalue weighted by Crippen LogP contribution is 2.48. The Hall–Kier alpha value is -1.14. The van der Waals surface area contributed by atoms with E-state index in [-0.39, 0.29) is 24.5 Å². The molecule has 2 bridgehead atoms. The Morgan fingerprint density at radius 3 is 2.58 bits per heavy atom. The number of fused-ring (bicyclic) bond motifs is 2. The summed E-state index contributed by atoms with van der Waals surface area (Å²) >= 11 is 0. The Morgan fingerprint density at radius 2 is 1.95 bits per heavy atom. The molecule has 2 aliphatic carbocycles.